The van der Waals surface area contributed by atoms with E-state index >= 15 is 0 Å². The van der Waals surface area contributed by atoms with Gasteiger partial charge >= 0.3 is 0 Å². The van der Waals surface area contributed by atoms with Crippen LogP contribution in [0.1, 0.15) is 31.4 Å². The van der Waals surface area contributed by atoms with Crippen molar-refractivity contribution < 1.29 is 4.79 Å². The maximum Gasteiger partial charge on any atom is 0.224 e. The zero-order valence-corrected chi connectivity index (χ0v) is 17.4. The molecule has 1 N–H and O–H groups in total. The molecule has 2 aromatic heterocycles. The summed E-state index contributed by atoms with van der Waals surface area (Å²) in [6, 6.07) is 10.1. The van der Waals surface area contributed by atoms with Crippen LogP contribution in [0.5, 0.6) is 0 Å². The van der Waals surface area contributed by atoms with E-state index in [-0.39, 0.29) is 11.8 Å². The fraction of sp³-hybridized carbons (Fsp3) is 0.500. The summed E-state index contributed by atoms with van der Waals surface area (Å²) in [5.74, 6) is 1.10. The first-order valence-electron chi connectivity index (χ1n) is 10.5. The molecule has 0 aromatic carbocycles. The number of hydrogen-bond acceptors (Lipinski definition) is 5. The molecule has 29 heavy (non-hydrogen) atoms. The molecule has 1 amide bonds. The maximum absolute atomic E-state index is 12.7. The van der Waals surface area contributed by atoms with Crippen LogP contribution in [0.3, 0.4) is 0 Å². The average Bonchev–Trinajstić information content (AvgIpc) is 2.79. The molecule has 2 fully saturated rings. The standard InChI is InChI=1S/C22H28ClN5O/c23-20-7-3-11-25-21(20)27-13-8-19(9-14-27)28-12-4-5-17(16-28)22(29)26-15-18-6-1-2-10-24-18/h1-3,6-7,10-11,17,19H,4-5,8-9,12-16H2,(H,26,29)/t17-/m0/s1. The van der Waals surface area contributed by atoms with Gasteiger partial charge in [0.15, 0.2) is 0 Å². The highest BCUT2D eigenvalue weighted by molar-refractivity contribution is 6.32. The molecule has 0 spiro atoms. The van der Waals surface area contributed by atoms with E-state index in [1.54, 1.807) is 12.4 Å². The van der Waals surface area contributed by atoms with Crippen molar-refractivity contribution in [2.75, 3.05) is 31.1 Å². The molecule has 0 saturated carbocycles. The van der Waals surface area contributed by atoms with Gasteiger partial charge in [0, 0.05) is 38.1 Å². The van der Waals surface area contributed by atoms with E-state index < -0.39 is 0 Å². The Labute approximate surface area is 177 Å². The summed E-state index contributed by atoms with van der Waals surface area (Å²) in [6.45, 7) is 4.34. The van der Waals surface area contributed by atoms with Gasteiger partial charge in [-0.1, -0.05) is 17.7 Å². The number of pyridine rings is 2. The van der Waals surface area contributed by atoms with Crippen LogP contribution in [0, 0.1) is 5.92 Å². The summed E-state index contributed by atoms with van der Waals surface area (Å²) in [5, 5.41) is 3.78. The molecule has 2 aromatic rings. The molecule has 0 unspecified atom stereocenters. The number of anilines is 1. The summed E-state index contributed by atoms with van der Waals surface area (Å²) >= 11 is 6.31. The molecule has 0 radical (unpaired) electrons. The van der Waals surface area contributed by atoms with E-state index in [0.717, 1.165) is 63.4 Å². The van der Waals surface area contributed by atoms with Crippen LogP contribution in [0.15, 0.2) is 42.7 Å². The van der Waals surface area contributed by atoms with Gasteiger partial charge in [-0.25, -0.2) is 4.98 Å². The fourth-order valence-corrected chi connectivity index (χ4v) is 4.67. The molecule has 0 bridgehead atoms. The van der Waals surface area contributed by atoms with Crippen LogP contribution in [-0.2, 0) is 11.3 Å². The van der Waals surface area contributed by atoms with Gasteiger partial charge < -0.3 is 10.2 Å². The van der Waals surface area contributed by atoms with E-state index in [4.69, 9.17) is 11.6 Å². The van der Waals surface area contributed by atoms with Crippen LogP contribution in [0.2, 0.25) is 5.02 Å². The zero-order chi connectivity index (χ0) is 20.1. The molecular formula is C22H28ClN5O. The highest BCUT2D eigenvalue weighted by atomic mass is 35.5. The Hall–Kier alpha value is -2.18. The molecule has 6 nitrogen and oxygen atoms in total. The predicted octanol–water partition coefficient (Wildman–Crippen LogP) is 3.13. The smallest absolute Gasteiger partial charge is 0.224 e. The van der Waals surface area contributed by atoms with Crippen LogP contribution in [0.4, 0.5) is 5.82 Å². The third kappa shape index (κ3) is 5.06. The van der Waals surface area contributed by atoms with Gasteiger partial charge in [0.05, 0.1) is 23.2 Å². The Morgan fingerprint density at radius 2 is 1.90 bits per heavy atom. The van der Waals surface area contributed by atoms with Crippen molar-refractivity contribution in [3.8, 4) is 0 Å². The molecule has 154 valence electrons. The molecule has 2 saturated heterocycles. The Morgan fingerprint density at radius 1 is 1.07 bits per heavy atom. The van der Waals surface area contributed by atoms with E-state index in [1.165, 1.54) is 0 Å². The fourth-order valence-electron chi connectivity index (χ4n) is 4.43. The third-order valence-corrected chi connectivity index (χ3v) is 6.31. The number of nitrogens with zero attached hydrogens (tertiary/aromatic N) is 4. The predicted molar refractivity (Wildman–Crippen MR) is 115 cm³/mol. The molecule has 1 atom stereocenters. The minimum Gasteiger partial charge on any atom is -0.355 e. The first kappa shape index (κ1) is 20.1. The van der Waals surface area contributed by atoms with Gasteiger partial charge in [-0.2, -0.15) is 0 Å². The van der Waals surface area contributed by atoms with Gasteiger partial charge in [-0.05, 0) is 56.5 Å². The average molecular weight is 414 g/mol. The lowest BCUT2D eigenvalue weighted by Gasteiger charge is -2.42. The van der Waals surface area contributed by atoms with Gasteiger partial charge in [0.25, 0.3) is 0 Å². The van der Waals surface area contributed by atoms with Crippen molar-refractivity contribution in [3.63, 3.8) is 0 Å². The molecule has 4 heterocycles. The Bertz CT molecular complexity index is 810. The molecule has 2 aliphatic rings. The van der Waals surface area contributed by atoms with E-state index in [2.05, 4.69) is 25.1 Å². The van der Waals surface area contributed by atoms with E-state index in [1.807, 2.05) is 30.3 Å². The lowest BCUT2D eigenvalue weighted by atomic mass is 9.93. The molecule has 0 aliphatic carbocycles. The Balaban J connectivity index is 1.28. The van der Waals surface area contributed by atoms with E-state index in [0.29, 0.717) is 17.6 Å². The number of halogens is 1. The lowest BCUT2D eigenvalue weighted by molar-refractivity contribution is -0.127. The summed E-state index contributed by atoms with van der Waals surface area (Å²) in [6.07, 6.45) is 7.76. The summed E-state index contributed by atoms with van der Waals surface area (Å²) in [4.78, 5) is 26.2. The molecule has 4 rings (SSSR count). The van der Waals surface area contributed by atoms with Crippen molar-refractivity contribution in [2.24, 2.45) is 5.92 Å². The Morgan fingerprint density at radius 3 is 2.66 bits per heavy atom. The lowest BCUT2D eigenvalue weighted by Crippen LogP contribution is -2.51. The van der Waals surface area contributed by atoms with Crippen LogP contribution in [0.25, 0.3) is 0 Å². The third-order valence-electron chi connectivity index (χ3n) is 6.01. The number of rotatable bonds is 5. The quantitative estimate of drug-likeness (QED) is 0.815. The minimum absolute atomic E-state index is 0.0655. The normalized spacial score (nSPS) is 21.1. The van der Waals surface area contributed by atoms with E-state index in [9.17, 15) is 4.79 Å². The highest BCUT2D eigenvalue weighted by Crippen LogP contribution is 2.28. The first-order chi connectivity index (χ1) is 14.2. The van der Waals surface area contributed by atoms with Crippen LogP contribution >= 0.6 is 11.6 Å². The molecular weight excluding hydrogens is 386 g/mol. The summed E-state index contributed by atoms with van der Waals surface area (Å²) < 4.78 is 0. The van der Waals surface area contributed by atoms with Gasteiger partial charge in [0.1, 0.15) is 5.82 Å². The first-order valence-corrected chi connectivity index (χ1v) is 10.9. The number of aromatic nitrogens is 2. The monoisotopic (exact) mass is 413 g/mol. The topological polar surface area (TPSA) is 61.4 Å². The second kappa shape index (κ2) is 9.55. The summed E-state index contributed by atoms with van der Waals surface area (Å²) in [7, 11) is 0. The van der Waals surface area contributed by atoms with Crippen molar-refractivity contribution in [1.29, 1.82) is 0 Å². The van der Waals surface area contributed by atoms with Crippen molar-refractivity contribution in [2.45, 2.75) is 38.3 Å². The van der Waals surface area contributed by atoms with Gasteiger partial charge in [0.2, 0.25) is 5.91 Å². The number of nitrogens with one attached hydrogen (secondary N) is 1. The Kier molecular flexibility index (Phi) is 6.62. The number of hydrogen-bond donors (Lipinski definition) is 1. The van der Waals surface area contributed by atoms with Gasteiger partial charge in [-0.15, -0.1) is 0 Å². The van der Waals surface area contributed by atoms with Crippen LogP contribution < -0.4 is 10.2 Å². The zero-order valence-electron chi connectivity index (χ0n) is 16.6. The van der Waals surface area contributed by atoms with Crippen LogP contribution in [-0.4, -0.2) is 53.0 Å². The largest absolute Gasteiger partial charge is 0.355 e. The molecule has 2 aliphatic heterocycles. The number of likely N-dealkylation sites (tertiary alicyclic amines) is 1. The number of piperidine rings is 2. The SMILES string of the molecule is O=C(NCc1ccccn1)[C@H]1CCCN(C2CCN(c3ncccc3Cl)CC2)C1. The second-order valence-corrected chi connectivity index (χ2v) is 8.31. The maximum atomic E-state index is 12.7. The number of carbonyl (C=O) groups excluding carboxylic acids is 1. The summed E-state index contributed by atoms with van der Waals surface area (Å²) in [5.41, 5.74) is 0.897. The number of amides is 1. The van der Waals surface area contributed by atoms with Crippen molar-refractivity contribution in [1.82, 2.24) is 20.2 Å². The highest BCUT2D eigenvalue weighted by Gasteiger charge is 2.32. The van der Waals surface area contributed by atoms with Crippen molar-refractivity contribution in [3.05, 3.63) is 53.4 Å². The second-order valence-electron chi connectivity index (χ2n) is 7.90. The minimum atomic E-state index is 0.0655. The van der Waals surface area contributed by atoms with Gasteiger partial charge in [-0.3, -0.25) is 14.7 Å². The number of carbonyl (C=O) groups is 1. The van der Waals surface area contributed by atoms with Crippen molar-refractivity contribution >= 4 is 23.3 Å². The molecule has 7 heteroatoms.